The number of nitrogens with one attached hydrogen (secondary N) is 1. The first-order chi connectivity index (χ1) is 8.88. The molecule has 1 heterocycles. The molecule has 1 aromatic rings. The third kappa shape index (κ3) is 4.29. The fraction of sp³-hybridized carbons (Fsp3) is 0.571. The molecule has 4 heteroatoms. The van der Waals surface area contributed by atoms with Crippen molar-refractivity contribution >= 4 is 0 Å². The molecule has 0 aromatic heterocycles. The number of hydrogen-bond acceptors (Lipinski definition) is 4. The summed E-state index contributed by atoms with van der Waals surface area (Å²) in [6.07, 6.45) is 0.306. The smallest absolute Gasteiger partial charge is 0.119 e. The van der Waals surface area contributed by atoms with Crippen molar-refractivity contribution in [2.24, 2.45) is 0 Å². The van der Waals surface area contributed by atoms with Gasteiger partial charge in [0.05, 0.1) is 12.7 Å². The van der Waals surface area contributed by atoms with E-state index >= 15 is 0 Å². The average molecular weight is 250 g/mol. The molecule has 1 unspecified atom stereocenters. The molecule has 1 saturated heterocycles. The maximum atomic E-state index is 5.71. The zero-order valence-electron chi connectivity index (χ0n) is 11.0. The van der Waals surface area contributed by atoms with Crippen LogP contribution in [0, 0.1) is 0 Å². The van der Waals surface area contributed by atoms with E-state index < -0.39 is 0 Å². The van der Waals surface area contributed by atoms with Crippen LogP contribution < -0.4 is 10.1 Å². The van der Waals surface area contributed by atoms with Crippen LogP contribution in [0.2, 0.25) is 0 Å². The van der Waals surface area contributed by atoms with Crippen molar-refractivity contribution in [3.8, 4) is 5.75 Å². The molecule has 0 radical (unpaired) electrons. The van der Waals surface area contributed by atoms with Crippen molar-refractivity contribution in [1.82, 2.24) is 10.2 Å². The first kappa shape index (κ1) is 13.3. The van der Waals surface area contributed by atoms with E-state index in [9.17, 15) is 0 Å². The van der Waals surface area contributed by atoms with Crippen LogP contribution in [0.3, 0.4) is 0 Å². The van der Waals surface area contributed by atoms with Crippen LogP contribution in [0.15, 0.2) is 30.3 Å². The maximum Gasteiger partial charge on any atom is 0.119 e. The molecule has 2 rings (SSSR count). The molecule has 0 amide bonds. The van der Waals surface area contributed by atoms with Gasteiger partial charge in [-0.3, -0.25) is 4.90 Å². The third-order valence-electron chi connectivity index (χ3n) is 3.07. The quantitative estimate of drug-likeness (QED) is 0.816. The Morgan fingerprint density at radius 2 is 2.22 bits per heavy atom. The molecule has 1 aliphatic heterocycles. The number of benzene rings is 1. The number of hydrogen-bond donors (Lipinski definition) is 1. The van der Waals surface area contributed by atoms with Crippen LogP contribution in [-0.2, 0) is 4.74 Å². The van der Waals surface area contributed by atoms with Gasteiger partial charge in [-0.25, -0.2) is 0 Å². The number of likely N-dealkylation sites (N-methyl/N-ethyl adjacent to an activating group) is 1. The van der Waals surface area contributed by atoms with Crippen LogP contribution >= 0.6 is 0 Å². The molecule has 1 N–H and O–H groups in total. The Kier molecular flexibility index (Phi) is 5.45. The summed E-state index contributed by atoms with van der Waals surface area (Å²) in [5.74, 6) is 0.942. The highest BCUT2D eigenvalue weighted by Crippen LogP contribution is 2.09. The topological polar surface area (TPSA) is 33.7 Å². The maximum absolute atomic E-state index is 5.71. The van der Waals surface area contributed by atoms with E-state index in [1.807, 2.05) is 37.4 Å². The minimum absolute atomic E-state index is 0.306. The first-order valence-electron chi connectivity index (χ1n) is 6.55. The molecule has 1 aliphatic rings. The van der Waals surface area contributed by atoms with E-state index in [-0.39, 0.29) is 0 Å². The van der Waals surface area contributed by atoms with Gasteiger partial charge in [0.25, 0.3) is 0 Å². The van der Waals surface area contributed by atoms with Gasteiger partial charge < -0.3 is 14.8 Å². The van der Waals surface area contributed by atoms with Crippen LogP contribution in [0.25, 0.3) is 0 Å². The molecule has 0 spiro atoms. The van der Waals surface area contributed by atoms with E-state index in [2.05, 4.69) is 10.2 Å². The standard InChI is InChI=1S/C14H22N2O2/c1-15-11-14-12-16(8-10-18-14)7-9-17-13-5-3-2-4-6-13/h2-6,14-15H,7-12H2,1H3. The monoisotopic (exact) mass is 250 g/mol. The Balaban J connectivity index is 1.67. The number of para-hydroxylation sites is 1. The van der Waals surface area contributed by atoms with Gasteiger partial charge in [-0.1, -0.05) is 18.2 Å². The second-order valence-electron chi connectivity index (χ2n) is 4.51. The van der Waals surface area contributed by atoms with Crippen LogP contribution in [0.5, 0.6) is 5.75 Å². The molecule has 4 nitrogen and oxygen atoms in total. The molecule has 100 valence electrons. The molecule has 0 bridgehead atoms. The second kappa shape index (κ2) is 7.36. The van der Waals surface area contributed by atoms with E-state index in [4.69, 9.17) is 9.47 Å². The summed E-state index contributed by atoms with van der Waals surface area (Å²) < 4.78 is 11.4. The molecule has 0 aliphatic carbocycles. The van der Waals surface area contributed by atoms with Crippen molar-refractivity contribution in [3.05, 3.63) is 30.3 Å². The molecular formula is C14H22N2O2. The molecule has 0 saturated carbocycles. The zero-order valence-corrected chi connectivity index (χ0v) is 11.0. The molecule has 1 atom stereocenters. The molecular weight excluding hydrogens is 228 g/mol. The highest BCUT2D eigenvalue weighted by atomic mass is 16.5. The predicted octanol–water partition coefficient (Wildman–Crippen LogP) is 0.986. The first-order valence-corrected chi connectivity index (χ1v) is 6.55. The average Bonchev–Trinajstić information content (AvgIpc) is 2.41. The van der Waals surface area contributed by atoms with Crippen molar-refractivity contribution in [1.29, 1.82) is 0 Å². The number of nitrogens with zero attached hydrogens (tertiary/aromatic N) is 1. The highest BCUT2D eigenvalue weighted by Gasteiger charge is 2.19. The van der Waals surface area contributed by atoms with E-state index in [1.165, 1.54) is 0 Å². The summed E-state index contributed by atoms with van der Waals surface area (Å²) in [5, 5.41) is 3.16. The lowest BCUT2D eigenvalue weighted by atomic mass is 10.2. The largest absolute Gasteiger partial charge is 0.492 e. The lowest BCUT2D eigenvalue weighted by molar-refractivity contribution is -0.0291. The summed E-state index contributed by atoms with van der Waals surface area (Å²) in [6.45, 7) is 5.40. The fourth-order valence-electron chi connectivity index (χ4n) is 2.14. The Morgan fingerprint density at radius 1 is 1.39 bits per heavy atom. The summed E-state index contributed by atoms with van der Waals surface area (Å²) in [7, 11) is 1.96. The van der Waals surface area contributed by atoms with Crippen LogP contribution in [-0.4, -0.2) is 57.4 Å². The minimum atomic E-state index is 0.306. The Bertz CT molecular complexity index is 330. The summed E-state index contributed by atoms with van der Waals surface area (Å²) in [5.41, 5.74) is 0. The van der Waals surface area contributed by atoms with Gasteiger partial charge in [0.1, 0.15) is 12.4 Å². The number of rotatable bonds is 6. The minimum Gasteiger partial charge on any atom is -0.492 e. The second-order valence-corrected chi connectivity index (χ2v) is 4.51. The normalized spacial score (nSPS) is 20.8. The van der Waals surface area contributed by atoms with Gasteiger partial charge in [0.15, 0.2) is 0 Å². The van der Waals surface area contributed by atoms with Crippen molar-refractivity contribution < 1.29 is 9.47 Å². The molecule has 18 heavy (non-hydrogen) atoms. The SMILES string of the molecule is CNCC1CN(CCOc2ccccc2)CCO1. The van der Waals surface area contributed by atoms with E-state index in [0.717, 1.165) is 45.1 Å². The van der Waals surface area contributed by atoms with Crippen LogP contribution in [0.1, 0.15) is 0 Å². The van der Waals surface area contributed by atoms with Crippen molar-refractivity contribution in [3.63, 3.8) is 0 Å². The summed E-state index contributed by atoms with van der Waals surface area (Å²) in [6, 6.07) is 9.96. The van der Waals surface area contributed by atoms with Gasteiger partial charge >= 0.3 is 0 Å². The predicted molar refractivity (Wildman–Crippen MR) is 72.0 cm³/mol. The van der Waals surface area contributed by atoms with Gasteiger partial charge in [0, 0.05) is 26.2 Å². The van der Waals surface area contributed by atoms with Crippen molar-refractivity contribution in [2.45, 2.75) is 6.10 Å². The number of ether oxygens (including phenoxy) is 2. The summed E-state index contributed by atoms with van der Waals surface area (Å²) >= 11 is 0. The van der Waals surface area contributed by atoms with Crippen LogP contribution in [0.4, 0.5) is 0 Å². The lowest BCUT2D eigenvalue weighted by Crippen LogP contribution is -2.47. The Hall–Kier alpha value is -1.10. The van der Waals surface area contributed by atoms with Gasteiger partial charge in [-0.2, -0.15) is 0 Å². The zero-order chi connectivity index (χ0) is 12.6. The van der Waals surface area contributed by atoms with Gasteiger partial charge in [-0.15, -0.1) is 0 Å². The van der Waals surface area contributed by atoms with E-state index in [1.54, 1.807) is 0 Å². The van der Waals surface area contributed by atoms with Gasteiger partial charge in [0.2, 0.25) is 0 Å². The number of morpholine rings is 1. The highest BCUT2D eigenvalue weighted by molar-refractivity contribution is 5.20. The fourth-order valence-corrected chi connectivity index (χ4v) is 2.14. The van der Waals surface area contributed by atoms with Gasteiger partial charge in [-0.05, 0) is 19.2 Å². The molecule has 1 aromatic carbocycles. The van der Waals surface area contributed by atoms with E-state index in [0.29, 0.717) is 6.10 Å². The van der Waals surface area contributed by atoms with Crippen molar-refractivity contribution in [2.75, 3.05) is 46.4 Å². The third-order valence-corrected chi connectivity index (χ3v) is 3.07. The Labute approximate surface area is 109 Å². The summed E-state index contributed by atoms with van der Waals surface area (Å²) in [4.78, 5) is 2.40. The lowest BCUT2D eigenvalue weighted by Gasteiger charge is -2.32. The Morgan fingerprint density at radius 3 is 3.00 bits per heavy atom. The molecule has 1 fully saturated rings.